The van der Waals surface area contributed by atoms with E-state index in [0.717, 1.165) is 0 Å². The largest absolute Gasteiger partial charge is 0.468 e. The minimum absolute atomic E-state index is 0.326. The molecular formula is C10H19N3O4S2. The first-order valence-electron chi connectivity index (χ1n) is 5.86. The predicted molar refractivity (Wildman–Crippen MR) is 75.2 cm³/mol. The molecule has 1 rings (SSSR count). The van der Waals surface area contributed by atoms with Crippen LogP contribution in [0.15, 0.2) is 0 Å². The van der Waals surface area contributed by atoms with Gasteiger partial charge in [-0.1, -0.05) is 12.2 Å². The second kappa shape index (κ2) is 6.60. The zero-order valence-corrected chi connectivity index (χ0v) is 12.7. The highest BCUT2D eigenvalue weighted by Gasteiger charge is 2.36. The van der Waals surface area contributed by atoms with Crippen molar-refractivity contribution in [2.45, 2.75) is 12.2 Å². The van der Waals surface area contributed by atoms with E-state index in [4.69, 9.17) is 18.0 Å². The van der Waals surface area contributed by atoms with Gasteiger partial charge in [-0.05, 0) is 6.92 Å². The van der Waals surface area contributed by atoms with E-state index >= 15 is 0 Å². The molecule has 2 N–H and O–H groups in total. The molecule has 0 aromatic heterocycles. The molecule has 0 bridgehead atoms. The second-order valence-corrected chi connectivity index (χ2v) is 7.13. The molecule has 1 heterocycles. The van der Waals surface area contributed by atoms with Gasteiger partial charge in [-0.3, -0.25) is 9.69 Å². The molecule has 0 spiro atoms. The number of ether oxygens (including phenoxy) is 1. The number of carbonyl (C=O) groups is 1. The molecule has 1 aliphatic heterocycles. The molecule has 19 heavy (non-hydrogen) atoms. The third-order valence-corrected chi connectivity index (χ3v) is 5.35. The van der Waals surface area contributed by atoms with E-state index in [-0.39, 0.29) is 0 Å². The SMILES string of the molecule is COC(=O)C(C)S(=O)(=O)N1CCN(CC(N)=S)CC1. The van der Waals surface area contributed by atoms with E-state index < -0.39 is 21.2 Å². The maximum Gasteiger partial charge on any atom is 0.325 e. The molecule has 1 atom stereocenters. The van der Waals surface area contributed by atoms with Gasteiger partial charge in [0, 0.05) is 32.7 Å². The van der Waals surface area contributed by atoms with Gasteiger partial charge in [0.15, 0.2) is 5.25 Å². The van der Waals surface area contributed by atoms with Gasteiger partial charge in [0.1, 0.15) is 0 Å². The molecule has 0 aromatic rings. The van der Waals surface area contributed by atoms with Crippen LogP contribution in [0.3, 0.4) is 0 Å². The summed E-state index contributed by atoms with van der Waals surface area (Å²) in [6.07, 6.45) is 0. The van der Waals surface area contributed by atoms with Gasteiger partial charge >= 0.3 is 5.97 Å². The molecule has 0 amide bonds. The summed E-state index contributed by atoms with van der Waals surface area (Å²) in [6, 6.07) is 0. The Bertz CT molecular complexity index is 444. The highest BCUT2D eigenvalue weighted by molar-refractivity contribution is 7.90. The van der Waals surface area contributed by atoms with E-state index in [9.17, 15) is 13.2 Å². The Morgan fingerprint density at radius 1 is 1.37 bits per heavy atom. The molecule has 0 saturated carbocycles. The van der Waals surface area contributed by atoms with Crippen molar-refractivity contribution in [1.82, 2.24) is 9.21 Å². The summed E-state index contributed by atoms with van der Waals surface area (Å²) in [5, 5.41) is -1.18. The summed E-state index contributed by atoms with van der Waals surface area (Å²) in [5.41, 5.74) is 5.45. The first kappa shape index (κ1) is 16.3. The third kappa shape index (κ3) is 4.10. The van der Waals surface area contributed by atoms with Gasteiger partial charge in [-0.15, -0.1) is 0 Å². The topological polar surface area (TPSA) is 92.9 Å². The monoisotopic (exact) mass is 309 g/mol. The molecule has 110 valence electrons. The predicted octanol–water partition coefficient (Wildman–Crippen LogP) is -1.22. The van der Waals surface area contributed by atoms with Crippen molar-refractivity contribution in [3.05, 3.63) is 0 Å². The van der Waals surface area contributed by atoms with Crippen molar-refractivity contribution in [2.24, 2.45) is 5.73 Å². The lowest BCUT2D eigenvalue weighted by molar-refractivity contribution is -0.139. The quantitative estimate of drug-likeness (QED) is 0.503. The van der Waals surface area contributed by atoms with Gasteiger partial charge in [0.2, 0.25) is 10.0 Å². The fraction of sp³-hybridized carbons (Fsp3) is 0.800. The minimum Gasteiger partial charge on any atom is -0.468 e. The normalized spacial score (nSPS) is 19.9. The van der Waals surface area contributed by atoms with Crippen LogP contribution in [0.2, 0.25) is 0 Å². The van der Waals surface area contributed by atoms with Crippen molar-refractivity contribution >= 4 is 33.2 Å². The van der Waals surface area contributed by atoms with Crippen LogP contribution in [-0.4, -0.2) is 73.7 Å². The van der Waals surface area contributed by atoms with Crippen LogP contribution in [-0.2, 0) is 19.6 Å². The van der Waals surface area contributed by atoms with Crippen LogP contribution in [0.5, 0.6) is 0 Å². The van der Waals surface area contributed by atoms with Crippen molar-refractivity contribution in [3.63, 3.8) is 0 Å². The average Bonchev–Trinajstić information content (AvgIpc) is 2.36. The third-order valence-electron chi connectivity index (χ3n) is 3.05. The van der Waals surface area contributed by atoms with Crippen molar-refractivity contribution < 1.29 is 17.9 Å². The molecule has 1 unspecified atom stereocenters. The van der Waals surface area contributed by atoms with Crippen LogP contribution in [0.4, 0.5) is 0 Å². The molecule has 0 aliphatic carbocycles. The molecule has 1 aliphatic rings. The number of rotatable bonds is 5. The highest BCUT2D eigenvalue weighted by Crippen LogP contribution is 2.13. The summed E-state index contributed by atoms with van der Waals surface area (Å²) in [4.78, 5) is 13.7. The number of hydrogen-bond acceptors (Lipinski definition) is 6. The summed E-state index contributed by atoms with van der Waals surface area (Å²) in [6.45, 7) is 3.56. The summed E-state index contributed by atoms with van der Waals surface area (Å²) in [7, 11) is -2.48. The zero-order chi connectivity index (χ0) is 14.6. The van der Waals surface area contributed by atoms with E-state index in [1.54, 1.807) is 0 Å². The maximum atomic E-state index is 12.2. The molecule has 1 fully saturated rings. The van der Waals surface area contributed by atoms with Crippen molar-refractivity contribution in [2.75, 3.05) is 39.8 Å². The summed E-state index contributed by atoms with van der Waals surface area (Å²) in [5.74, 6) is -0.745. The van der Waals surface area contributed by atoms with Gasteiger partial charge < -0.3 is 10.5 Å². The Hall–Kier alpha value is -0.770. The molecule has 0 radical (unpaired) electrons. The van der Waals surface area contributed by atoms with Crippen LogP contribution < -0.4 is 5.73 Å². The lowest BCUT2D eigenvalue weighted by Crippen LogP contribution is -2.53. The average molecular weight is 309 g/mol. The number of nitrogens with zero attached hydrogens (tertiary/aromatic N) is 2. The number of methoxy groups -OCH3 is 1. The van der Waals surface area contributed by atoms with E-state index in [1.165, 1.54) is 18.3 Å². The molecular weight excluding hydrogens is 290 g/mol. The number of piperazine rings is 1. The van der Waals surface area contributed by atoms with Crippen molar-refractivity contribution in [1.29, 1.82) is 0 Å². The van der Waals surface area contributed by atoms with Crippen LogP contribution in [0.1, 0.15) is 6.92 Å². The summed E-state index contributed by atoms with van der Waals surface area (Å²) >= 11 is 4.81. The van der Waals surface area contributed by atoms with Gasteiger partial charge in [-0.2, -0.15) is 4.31 Å². The second-order valence-electron chi connectivity index (χ2n) is 4.35. The van der Waals surface area contributed by atoms with Crippen LogP contribution >= 0.6 is 12.2 Å². The van der Waals surface area contributed by atoms with E-state index in [0.29, 0.717) is 37.7 Å². The van der Waals surface area contributed by atoms with Gasteiger partial charge in [-0.25, -0.2) is 8.42 Å². The smallest absolute Gasteiger partial charge is 0.325 e. The first-order chi connectivity index (χ1) is 8.78. The van der Waals surface area contributed by atoms with Crippen LogP contribution in [0, 0.1) is 0 Å². The zero-order valence-electron chi connectivity index (χ0n) is 11.0. The maximum absolute atomic E-state index is 12.2. The van der Waals surface area contributed by atoms with Crippen LogP contribution in [0.25, 0.3) is 0 Å². The lowest BCUT2D eigenvalue weighted by Gasteiger charge is -2.34. The van der Waals surface area contributed by atoms with E-state index in [1.807, 2.05) is 4.90 Å². The van der Waals surface area contributed by atoms with Gasteiger partial charge in [0.05, 0.1) is 12.1 Å². The number of carbonyl (C=O) groups excluding carboxylic acids is 1. The van der Waals surface area contributed by atoms with Crippen molar-refractivity contribution in [3.8, 4) is 0 Å². The Balaban J connectivity index is 2.64. The molecule has 9 heteroatoms. The number of esters is 1. The fourth-order valence-electron chi connectivity index (χ4n) is 1.87. The Labute approximate surface area is 118 Å². The molecule has 1 saturated heterocycles. The number of sulfonamides is 1. The Morgan fingerprint density at radius 2 is 1.89 bits per heavy atom. The number of thiocarbonyl (C=S) groups is 1. The lowest BCUT2D eigenvalue weighted by atomic mass is 10.3. The molecule has 7 nitrogen and oxygen atoms in total. The molecule has 0 aromatic carbocycles. The fourth-order valence-corrected chi connectivity index (χ4v) is 3.52. The standard InChI is InChI=1S/C10H19N3O4S2/c1-8(10(14)17-2)19(15,16)13-5-3-12(4-6-13)7-9(11)18/h8H,3-7H2,1-2H3,(H2,11,18). The Kier molecular flexibility index (Phi) is 5.65. The van der Waals surface area contributed by atoms with Gasteiger partial charge in [0.25, 0.3) is 0 Å². The minimum atomic E-state index is -3.66. The highest BCUT2D eigenvalue weighted by atomic mass is 32.2. The summed E-state index contributed by atoms with van der Waals surface area (Å²) < 4.78 is 30.1. The Morgan fingerprint density at radius 3 is 2.32 bits per heavy atom. The van der Waals surface area contributed by atoms with E-state index in [2.05, 4.69) is 4.74 Å². The first-order valence-corrected chi connectivity index (χ1v) is 7.77. The number of hydrogen-bond donors (Lipinski definition) is 1. The number of nitrogens with two attached hydrogens (primary N) is 1.